The summed E-state index contributed by atoms with van der Waals surface area (Å²) in [7, 11) is 0. The summed E-state index contributed by atoms with van der Waals surface area (Å²) in [6.45, 7) is 4.05. The van der Waals surface area contributed by atoms with Gasteiger partial charge in [-0.25, -0.2) is 0 Å². The molecule has 0 saturated carbocycles. The molecule has 0 radical (unpaired) electrons. The lowest BCUT2D eigenvalue weighted by Gasteiger charge is -1.98. The number of nitrogens with two attached hydrogens (primary N) is 1. The SMILES string of the molecule is Cc1ccc(SCc2noc(-c3scc(C)c3N)n2)cc1. The van der Waals surface area contributed by atoms with Gasteiger partial charge >= 0.3 is 0 Å². The summed E-state index contributed by atoms with van der Waals surface area (Å²) in [4.78, 5) is 6.47. The molecule has 108 valence electrons. The number of anilines is 1. The minimum absolute atomic E-state index is 0.505. The van der Waals surface area contributed by atoms with E-state index in [0.717, 1.165) is 16.1 Å². The van der Waals surface area contributed by atoms with E-state index in [-0.39, 0.29) is 0 Å². The van der Waals surface area contributed by atoms with E-state index in [1.807, 2.05) is 12.3 Å². The minimum atomic E-state index is 0.505. The van der Waals surface area contributed by atoms with Crippen LogP contribution < -0.4 is 5.73 Å². The minimum Gasteiger partial charge on any atom is -0.397 e. The van der Waals surface area contributed by atoms with E-state index in [9.17, 15) is 0 Å². The molecule has 0 fully saturated rings. The highest BCUT2D eigenvalue weighted by molar-refractivity contribution is 7.98. The second kappa shape index (κ2) is 5.91. The molecule has 0 unspecified atom stereocenters. The van der Waals surface area contributed by atoms with Crippen LogP contribution in [0.2, 0.25) is 0 Å². The van der Waals surface area contributed by atoms with E-state index in [0.29, 0.717) is 17.5 Å². The van der Waals surface area contributed by atoms with Gasteiger partial charge in [-0.05, 0) is 36.9 Å². The molecule has 0 aliphatic heterocycles. The molecule has 6 heteroatoms. The Kier molecular flexibility index (Phi) is 3.98. The molecule has 3 aromatic rings. The number of rotatable bonds is 4. The maximum absolute atomic E-state index is 6.00. The van der Waals surface area contributed by atoms with Gasteiger partial charge in [0.25, 0.3) is 5.89 Å². The first-order valence-corrected chi connectivity index (χ1v) is 8.36. The van der Waals surface area contributed by atoms with Crippen molar-refractivity contribution >= 4 is 28.8 Å². The molecule has 0 spiro atoms. The molecule has 3 rings (SSSR count). The average molecular weight is 317 g/mol. The van der Waals surface area contributed by atoms with Crippen LogP contribution in [0.3, 0.4) is 0 Å². The van der Waals surface area contributed by atoms with Gasteiger partial charge in [0, 0.05) is 4.90 Å². The third kappa shape index (κ3) is 3.11. The Labute approximate surface area is 131 Å². The zero-order valence-electron chi connectivity index (χ0n) is 11.8. The first-order valence-electron chi connectivity index (χ1n) is 6.49. The molecule has 0 aliphatic rings. The zero-order chi connectivity index (χ0) is 14.8. The topological polar surface area (TPSA) is 64.9 Å². The van der Waals surface area contributed by atoms with Crippen molar-refractivity contribution in [2.75, 3.05) is 5.73 Å². The zero-order valence-corrected chi connectivity index (χ0v) is 13.4. The Morgan fingerprint density at radius 1 is 1.24 bits per heavy atom. The van der Waals surface area contributed by atoms with Crippen LogP contribution in [0, 0.1) is 13.8 Å². The first-order chi connectivity index (χ1) is 10.1. The molecule has 0 aliphatic carbocycles. The van der Waals surface area contributed by atoms with Crippen molar-refractivity contribution in [1.82, 2.24) is 10.1 Å². The van der Waals surface area contributed by atoms with Crippen LogP contribution in [-0.4, -0.2) is 10.1 Å². The summed E-state index contributed by atoms with van der Waals surface area (Å²) in [5, 5.41) is 6.02. The highest BCUT2D eigenvalue weighted by atomic mass is 32.2. The smallest absolute Gasteiger partial charge is 0.270 e. The number of nitrogens with zero attached hydrogens (tertiary/aromatic N) is 2. The van der Waals surface area contributed by atoms with Crippen LogP contribution in [0.25, 0.3) is 10.8 Å². The van der Waals surface area contributed by atoms with E-state index in [2.05, 4.69) is 41.3 Å². The summed E-state index contributed by atoms with van der Waals surface area (Å²) in [5.41, 5.74) is 9.02. The monoisotopic (exact) mass is 317 g/mol. The normalized spacial score (nSPS) is 11.0. The molecule has 0 bridgehead atoms. The summed E-state index contributed by atoms with van der Waals surface area (Å²) in [5.74, 6) is 1.86. The van der Waals surface area contributed by atoms with E-state index in [1.54, 1.807) is 11.8 Å². The third-order valence-electron chi connectivity index (χ3n) is 3.07. The summed E-state index contributed by atoms with van der Waals surface area (Å²) in [6.07, 6.45) is 0. The Balaban J connectivity index is 1.70. The van der Waals surface area contributed by atoms with Crippen LogP contribution in [-0.2, 0) is 5.75 Å². The van der Waals surface area contributed by atoms with Crippen molar-refractivity contribution in [2.45, 2.75) is 24.5 Å². The second-order valence-electron chi connectivity index (χ2n) is 4.78. The predicted molar refractivity (Wildman–Crippen MR) is 87.5 cm³/mol. The van der Waals surface area contributed by atoms with Crippen LogP contribution in [0.4, 0.5) is 5.69 Å². The Bertz CT molecular complexity index is 747. The van der Waals surface area contributed by atoms with Crippen molar-refractivity contribution in [3.8, 4) is 10.8 Å². The van der Waals surface area contributed by atoms with E-state index in [1.165, 1.54) is 21.8 Å². The van der Waals surface area contributed by atoms with Crippen LogP contribution in [0.15, 0.2) is 39.1 Å². The third-order valence-corrected chi connectivity index (χ3v) is 5.18. The van der Waals surface area contributed by atoms with Crippen molar-refractivity contribution in [3.05, 3.63) is 46.6 Å². The Morgan fingerprint density at radius 3 is 2.67 bits per heavy atom. The number of hydrogen-bond acceptors (Lipinski definition) is 6. The fourth-order valence-corrected chi connectivity index (χ4v) is 3.44. The molecule has 1 aromatic carbocycles. The molecule has 0 saturated heterocycles. The van der Waals surface area contributed by atoms with E-state index >= 15 is 0 Å². The molecule has 2 aromatic heterocycles. The highest BCUT2D eigenvalue weighted by Gasteiger charge is 2.15. The molecule has 21 heavy (non-hydrogen) atoms. The van der Waals surface area contributed by atoms with Gasteiger partial charge in [-0.1, -0.05) is 22.9 Å². The lowest BCUT2D eigenvalue weighted by molar-refractivity contribution is 0.426. The van der Waals surface area contributed by atoms with Gasteiger partial charge in [-0.15, -0.1) is 23.1 Å². The molecule has 2 N–H and O–H groups in total. The van der Waals surface area contributed by atoms with Gasteiger partial charge in [0.1, 0.15) is 4.88 Å². The Hall–Kier alpha value is -1.79. The van der Waals surface area contributed by atoms with Gasteiger partial charge in [0.05, 0.1) is 11.4 Å². The maximum Gasteiger partial charge on any atom is 0.270 e. The van der Waals surface area contributed by atoms with Crippen LogP contribution in [0.5, 0.6) is 0 Å². The fourth-order valence-electron chi connectivity index (χ4n) is 1.81. The number of thioether (sulfide) groups is 1. The van der Waals surface area contributed by atoms with Gasteiger partial charge in [-0.2, -0.15) is 4.98 Å². The number of thiophene rings is 1. The van der Waals surface area contributed by atoms with Crippen LogP contribution in [0.1, 0.15) is 17.0 Å². The van der Waals surface area contributed by atoms with Gasteiger partial charge in [-0.3, -0.25) is 0 Å². The van der Waals surface area contributed by atoms with Crippen LogP contribution >= 0.6 is 23.1 Å². The second-order valence-corrected chi connectivity index (χ2v) is 6.71. The van der Waals surface area contributed by atoms with Crippen molar-refractivity contribution in [2.24, 2.45) is 0 Å². The lowest BCUT2D eigenvalue weighted by Crippen LogP contribution is -1.88. The number of nitrogen functional groups attached to an aromatic ring is 1. The molecule has 0 amide bonds. The number of benzene rings is 1. The van der Waals surface area contributed by atoms with Gasteiger partial charge in [0.2, 0.25) is 0 Å². The van der Waals surface area contributed by atoms with Crippen molar-refractivity contribution in [1.29, 1.82) is 0 Å². The van der Waals surface area contributed by atoms with E-state index < -0.39 is 0 Å². The van der Waals surface area contributed by atoms with Crippen molar-refractivity contribution < 1.29 is 4.52 Å². The highest BCUT2D eigenvalue weighted by Crippen LogP contribution is 2.34. The molecule has 2 heterocycles. The predicted octanol–water partition coefficient (Wildman–Crippen LogP) is 4.29. The van der Waals surface area contributed by atoms with Gasteiger partial charge < -0.3 is 10.3 Å². The Morgan fingerprint density at radius 2 is 2.00 bits per heavy atom. The molecular weight excluding hydrogens is 302 g/mol. The first kappa shape index (κ1) is 14.2. The summed E-state index contributed by atoms with van der Waals surface area (Å²) < 4.78 is 5.31. The van der Waals surface area contributed by atoms with E-state index in [4.69, 9.17) is 10.3 Å². The molecular formula is C15H15N3OS2. The molecule has 0 atom stereocenters. The number of aromatic nitrogens is 2. The quantitative estimate of drug-likeness (QED) is 0.727. The number of hydrogen-bond donors (Lipinski definition) is 1. The average Bonchev–Trinajstić information content (AvgIpc) is 3.07. The summed E-state index contributed by atoms with van der Waals surface area (Å²) >= 11 is 3.22. The summed E-state index contributed by atoms with van der Waals surface area (Å²) in [6, 6.07) is 8.39. The largest absolute Gasteiger partial charge is 0.397 e. The standard InChI is InChI=1S/C15H15N3OS2/c1-9-3-5-11(6-4-9)20-8-12-17-15(19-18-12)14-13(16)10(2)7-21-14/h3-7H,8,16H2,1-2H3. The van der Waals surface area contributed by atoms with Crippen molar-refractivity contribution in [3.63, 3.8) is 0 Å². The number of aryl methyl sites for hydroxylation is 2. The fraction of sp³-hybridized carbons (Fsp3) is 0.200. The van der Waals surface area contributed by atoms with Gasteiger partial charge in [0.15, 0.2) is 5.82 Å². The maximum atomic E-state index is 6.00. The lowest BCUT2D eigenvalue weighted by atomic mass is 10.2. The molecule has 4 nitrogen and oxygen atoms in total.